The lowest BCUT2D eigenvalue weighted by Gasteiger charge is -2.28. The van der Waals surface area contributed by atoms with Gasteiger partial charge in [-0.25, -0.2) is 14.4 Å². The van der Waals surface area contributed by atoms with Crippen LogP contribution in [0.1, 0.15) is 43.7 Å². The maximum atomic E-state index is 12.9. The van der Waals surface area contributed by atoms with Crippen LogP contribution in [0.5, 0.6) is 0 Å². The molecule has 9 heteroatoms. The monoisotopic (exact) mass is 477 g/mol. The topological polar surface area (TPSA) is 142 Å². The summed E-state index contributed by atoms with van der Waals surface area (Å²) in [6, 6.07) is 14.6. The van der Waals surface area contributed by atoms with Crippen LogP contribution in [0.25, 0.3) is 10.8 Å². The van der Waals surface area contributed by atoms with E-state index in [1.807, 2.05) is 25.3 Å². The Kier molecular flexibility index (Phi) is 8.39. The number of benzene rings is 2. The highest BCUT2D eigenvalue weighted by Crippen LogP contribution is 2.42. The molecule has 4 rings (SSSR count). The van der Waals surface area contributed by atoms with Gasteiger partial charge in [0, 0.05) is 35.5 Å². The highest BCUT2D eigenvalue weighted by molar-refractivity contribution is 5.95. The molecule has 4 N–H and O–H groups in total. The third kappa shape index (κ3) is 6.14. The fourth-order valence-electron chi connectivity index (χ4n) is 3.93. The number of hydrogen-bond acceptors (Lipinski definition) is 6. The van der Waals surface area contributed by atoms with E-state index in [9.17, 15) is 14.4 Å². The van der Waals surface area contributed by atoms with Crippen LogP contribution in [-0.2, 0) is 19.1 Å². The Labute approximate surface area is 202 Å². The van der Waals surface area contributed by atoms with Crippen molar-refractivity contribution in [2.45, 2.75) is 32.6 Å². The molecule has 182 valence electrons. The van der Waals surface area contributed by atoms with Crippen molar-refractivity contribution >= 4 is 34.5 Å². The van der Waals surface area contributed by atoms with E-state index in [2.05, 4.69) is 52.8 Å². The van der Waals surface area contributed by atoms with Crippen molar-refractivity contribution < 1.29 is 29.3 Å². The summed E-state index contributed by atoms with van der Waals surface area (Å²) >= 11 is 0. The summed E-state index contributed by atoms with van der Waals surface area (Å²) in [6.45, 7) is 4.29. The van der Waals surface area contributed by atoms with Crippen molar-refractivity contribution in [3.05, 3.63) is 83.2 Å². The molecule has 0 saturated carbocycles. The SMILES string of the molecule is CCCC1=C(C(=O)OCC)C(c2ccc3ccccc3c2)c2c[nH]nc2N1.O=C(O)/C=C\C(=O)O. The number of rotatable bonds is 7. The molecule has 0 spiro atoms. The van der Waals surface area contributed by atoms with E-state index in [0.717, 1.165) is 40.9 Å². The second-order valence-corrected chi connectivity index (χ2v) is 7.73. The summed E-state index contributed by atoms with van der Waals surface area (Å²) in [5, 5.41) is 28.6. The summed E-state index contributed by atoms with van der Waals surface area (Å²) in [5.74, 6) is -2.20. The van der Waals surface area contributed by atoms with Crippen LogP contribution in [0.2, 0.25) is 0 Å². The van der Waals surface area contributed by atoms with Crippen LogP contribution in [0.4, 0.5) is 5.82 Å². The number of aromatic nitrogens is 2. The minimum atomic E-state index is -1.26. The molecular formula is C26H27N3O6. The molecule has 1 aliphatic rings. The van der Waals surface area contributed by atoms with Crippen LogP contribution < -0.4 is 5.32 Å². The Morgan fingerprint density at radius 1 is 1.03 bits per heavy atom. The van der Waals surface area contributed by atoms with Gasteiger partial charge in [-0.2, -0.15) is 5.10 Å². The lowest BCUT2D eigenvalue weighted by atomic mass is 9.81. The van der Waals surface area contributed by atoms with Crippen molar-refractivity contribution in [2.75, 3.05) is 11.9 Å². The largest absolute Gasteiger partial charge is 0.478 e. The lowest BCUT2D eigenvalue weighted by molar-refractivity contribution is -0.139. The first-order valence-corrected chi connectivity index (χ1v) is 11.2. The Morgan fingerprint density at radius 2 is 1.71 bits per heavy atom. The van der Waals surface area contributed by atoms with Gasteiger partial charge in [-0.05, 0) is 29.7 Å². The van der Waals surface area contributed by atoms with Crippen LogP contribution in [0.15, 0.2) is 72.1 Å². The van der Waals surface area contributed by atoms with Crippen molar-refractivity contribution in [3.63, 3.8) is 0 Å². The Balaban J connectivity index is 0.000000371. The molecule has 0 radical (unpaired) electrons. The lowest BCUT2D eigenvalue weighted by Crippen LogP contribution is -2.25. The molecule has 9 nitrogen and oxygen atoms in total. The molecule has 0 amide bonds. The second kappa shape index (κ2) is 11.6. The molecule has 0 bridgehead atoms. The molecular weight excluding hydrogens is 450 g/mol. The first kappa shape index (κ1) is 25.2. The number of hydrogen-bond donors (Lipinski definition) is 4. The zero-order valence-corrected chi connectivity index (χ0v) is 19.4. The van der Waals surface area contributed by atoms with Gasteiger partial charge in [-0.1, -0.05) is 55.8 Å². The van der Waals surface area contributed by atoms with Crippen molar-refractivity contribution in [1.82, 2.24) is 10.2 Å². The summed E-state index contributed by atoms with van der Waals surface area (Å²) in [6.07, 6.45) is 4.68. The highest BCUT2D eigenvalue weighted by Gasteiger charge is 2.35. The Bertz CT molecular complexity index is 1270. The van der Waals surface area contributed by atoms with E-state index >= 15 is 0 Å². The highest BCUT2D eigenvalue weighted by atomic mass is 16.5. The van der Waals surface area contributed by atoms with Crippen molar-refractivity contribution in [3.8, 4) is 0 Å². The molecule has 1 atom stereocenters. The number of carbonyl (C=O) groups excluding carboxylic acids is 1. The zero-order valence-electron chi connectivity index (χ0n) is 19.4. The summed E-state index contributed by atoms with van der Waals surface area (Å²) in [7, 11) is 0. The molecule has 3 aromatic rings. The number of carbonyl (C=O) groups is 3. The number of H-pyrrole nitrogens is 1. The van der Waals surface area contributed by atoms with Gasteiger partial charge in [-0.15, -0.1) is 0 Å². The average molecular weight is 478 g/mol. The van der Waals surface area contributed by atoms with E-state index in [1.165, 1.54) is 5.39 Å². The normalized spacial score (nSPS) is 14.6. The quantitative estimate of drug-likeness (QED) is 0.289. The molecule has 0 aliphatic carbocycles. The van der Waals surface area contributed by atoms with Gasteiger partial charge in [0.05, 0.1) is 12.2 Å². The minimum absolute atomic E-state index is 0.204. The van der Waals surface area contributed by atoms with Crippen LogP contribution in [0, 0.1) is 0 Å². The number of ether oxygens (including phenoxy) is 1. The number of anilines is 1. The standard InChI is InChI=1S/C22H23N3O2.C4H4O4/c1-3-7-18-20(22(26)27-4-2)19(17-13-23-25-21(17)24-18)16-11-10-14-8-5-6-9-15(14)12-16;5-3(6)1-2-4(7)8/h5-6,8-13,19H,3-4,7H2,1-2H3,(H2,23,24,25);1-2H,(H,5,6)(H,7,8)/b;2-1-. The molecule has 2 heterocycles. The summed E-state index contributed by atoms with van der Waals surface area (Å²) in [4.78, 5) is 32.0. The first-order chi connectivity index (χ1) is 16.8. The third-order valence-electron chi connectivity index (χ3n) is 5.33. The second-order valence-electron chi connectivity index (χ2n) is 7.73. The molecule has 1 unspecified atom stereocenters. The fraction of sp³-hybridized carbons (Fsp3) is 0.231. The van der Waals surface area contributed by atoms with Crippen molar-refractivity contribution in [2.24, 2.45) is 0 Å². The summed E-state index contributed by atoms with van der Waals surface area (Å²) in [5.41, 5.74) is 3.61. The maximum absolute atomic E-state index is 12.9. The van der Waals surface area contributed by atoms with Crippen LogP contribution in [-0.4, -0.2) is 44.9 Å². The number of aromatic amines is 1. The smallest absolute Gasteiger partial charge is 0.336 e. The number of carboxylic acids is 2. The molecule has 0 saturated heterocycles. The van der Waals surface area contributed by atoms with Gasteiger partial charge < -0.3 is 20.3 Å². The predicted octanol–water partition coefficient (Wildman–Crippen LogP) is 4.45. The summed E-state index contributed by atoms with van der Waals surface area (Å²) < 4.78 is 5.42. The molecule has 35 heavy (non-hydrogen) atoms. The Hall–Kier alpha value is -4.40. The molecule has 1 aromatic heterocycles. The number of carboxylic acid groups (broad SMARTS) is 2. The number of fused-ring (bicyclic) bond motifs is 2. The van der Waals surface area contributed by atoms with Gasteiger partial charge in [0.1, 0.15) is 0 Å². The molecule has 0 fully saturated rings. The van der Waals surface area contributed by atoms with Gasteiger partial charge in [0.2, 0.25) is 0 Å². The molecule has 2 aromatic carbocycles. The molecule has 1 aliphatic heterocycles. The zero-order chi connectivity index (χ0) is 25.4. The van der Waals surface area contributed by atoms with E-state index in [4.69, 9.17) is 14.9 Å². The van der Waals surface area contributed by atoms with Crippen LogP contribution >= 0.6 is 0 Å². The van der Waals surface area contributed by atoms with E-state index in [0.29, 0.717) is 24.3 Å². The number of allylic oxidation sites excluding steroid dienone is 1. The third-order valence-corrected chi connectivity index (χ3v) is 5.33. The first-order valence-electron chi connectivity index (χ1n) is 11.2. The average Bonchev–Trinajstić information content (AvgIpc) is 3.30. The fourth-order valence-corrected chi connectivity index (χ4v) is 3.93. The Morgan fingerprint density at radius 3 is 2.34 bits per heavy atom. The number of esters is 1. The van der Waals surface area contributed by atoms with Crippen LogP contribution in [0.3, 0.4) is 0 Å². The number of nitrogens with one attached hydrogen (secondary N) is 2. The van der Waals surface area contributed by atoms with Gasteiger partial charge >= 0.3 is 17.9 Å². The minimum Gasteiger partial charge on any atom is -0.478 e. The van der Waals surface area contributed by atoms with E-state index in [-0.39, 0.29) is 11.9 Å². The van der Waals surface area contributed by atoms with Crippen molar-refractivity contribution in [1.29, 1.82) is 0 Å². The van der Waals surface area contributed by atoms with Gasteiger partial charge in [-0.3, -0.25) is 5.10 Å². The van der Waals surface area contributed by atoms with Gasteiger partial charge in [0.15, 0.2) is 5.82 Å². The number of nitrogens with zero attached hydrogens (tertiary/aromatic N) is 1. The number of aliphatic carboxylic acids is 2. The van der Waals surface area contributed by atoms with Gasteiger partial charge in [0.25, 0.3) is 0 Å². The van der Waals surface area contributed by atoms with E-state index in [1.54, 1.807) is 0 Å². The van der Waals surface area contributed by atoms with E-state index < -0.39 is 11.9 Å². The maximum Gasteiger partial charge on any atom is 0.336 e. The predicted molar refractivity (Wildman–Crippen MR) is 131 cm³/mol.